The zero-order valence-electron chi connectivity index (χ0n) is 8.57. The van der Waals surface area contributed by atoms with E-state index in [0.29, 0.717) is 17.4 Å². The van der Waals surface area contributed by atoms with Crippen LogP contribution in [0.15, 0.2) is 18.5 Å². The molecule has 1 aromatic heterocycles. The Morgan fingerprint density at radius 3 is 2.79 bits per heavy atom. The van der Waals surface area contributed by atoms with Gasteiger partial charge < -0.3 is 5.11 Å². The maximum Gasteiger partial charge on any atom is 0.0622 e. The van der Waals surface area contributed by atoms with Gasteiger partial charge in [0.1, 0.15) is 0 Å². The number of hydrogen-bond donors (Lipinski definition) is 1. The summed E-state index contributed by atoms with van der Waals surface area (Å²) in [6, 6.07) is 1.85. The summed E-state index contributed by atoms with van der Waals surface area (Å²) in [5.41, 5.74) is 0.967. The number of rotatable bonds is 4. The Balaban J connectivity index is 2.56. The first-order valence-corrected chi connectivity index (χ1v) is 5.24. The number of pyridine rings is 1. The Hall–Kier alpha value is -0.600. The van der Waals surface area contributed by atoms with Crippen LogP contribution in [-0.2, 0) is 6.42 Å². The van der Waals surface area contributed by atoms with Crippen LogP contribution in [-0.4, -0.2) is 16.2 Å². The fourth-order valence-corrected chi connectivity index (χ4v) is 1.65. The van der Waals surface area contributed by atoms with E-state index in [1.54, 1.807) is 12.4 Å². The largest absolute Gasteiger partial charge is 0.393 e. The number of hydrogen-bond acceptors (Lipinski definition) is 2. The van der Waals surface area contributed by atoms with E-state index in [1.165, 1.54) is 0 Å². The van der Waals surface area contributed by atoms with E-state index >= 15 is 0 Å². The monoisotopic (exact) mass is 213 g/mol. The van der Waals surface area contributed by atoms with Gasteiger partial charge in [-0.05, 0) is 30.4 Å². The number of aliphatic hydroxyl groups is 1. The molecule has 14 heavy (non-hydrogen) atoms. The maximum absolute atomic E-state index is 9.72. The van der Waals surface area contributed by atoms with Gasteiger partial charge in [-0.2, -0.15) is 0 Å². The van der Waals surface area contributed by atoms with Crippen molar-refractivity contribution in [2.45, 2.75) is 32.8 Å². The number of nitrogens with zero attached hydrogens (tertiary/aromatic N) is 1. The SMILES string of the molecule is CC(C)CC(O)Cc1ccncc1Cl. The van der Waals surface area contributed by atoms with Crippen molar-refractivity contribution in [2.24, 2.45) is 5.92 Å². The normalized spacial score (nSPS) is 13.2. The average Bonchev–Trinajstić information content (AvgIpc) is 2.07. The summed E-state index contributed by atoms with van der Waals surface area (Å²) in [4.78, 5) is 3.90. The fraction of sp³-hybridized carbons (Fsp3) is 0.545. The van der Waals surface area contributed by atoms with Gasteiger partial charge in [0, 0.05) is 12.4 Å². The number of aromatic nitrogens is 1. The maximum atomic E-state index is 9.72. The summed E-state index contributed by atoms with van der Waals surface area (Å²) in [6.07, 6.45) is 4.41. The van der Waals surface area contributed by atoms with Crippen LogP contribution in [0.4, 0.5) is 0 Å². The van der Waals surface area contributed by atoms with Crippen LogP contribution in [0.3, 0.4) is 0 Å². The first-order valence-electron chi connectivity index (χ1n) is 4.86. The van der Waals surface area contributed by atoms with Crippen molar-refractivity contribution in [1.29, 1.82) is 0 Å². The van der Waals surface area contributed by atoms with Gasteiger partial charge in [-0.3, -0.25) is 4.98 Å². The lowest BCUT2D eigenvalue weighted by atomic mass is 10.0. The van der Waals surface area contributed by atoms with E-state index in [1.807, 2.05) is 6.07 Å². The van der Waals surface area contributed by atoms with Gasteiger partial charge >= 0.3 is 0 Å². The van der Waals surface area contributed by atoms with Crippen molar-refractivity contribution in [3.05, 3.63) is 29.0 Å². The van der Waals surface area contributed by atoms with Crippen LogP contribution in [0.25, 0.3) is 0 Å². The summed E-state index contributed by atoms with van der Waals surface area (Å²) in [5, 5.41) is 10.4. The minimum atomic E-state index is -0.310. The predicted octanol–water partition coefficient (Wildman–Crippen LogP) is 2.68. The summed E-state index contributed by atoms with van der Waals surface area (Å²) in [6.45, 7) is 4.19. The van der Waals surface area contributed by atoms with Crippen molar-refractivity contribution in [1.82, 2.24) is 4.98 Å². The van der Waals surface area contributed by atoms with Crippen LogP contribution in [0, 0.1) is 5.92 Å². The minimum Gasteiger partial charge on any atom is -0.393 e. The quantitative estimate of drug-likeness (QED) is 0.835. The van der Waals surface area contributed by atoms with Gasteiger partial charge in [-0.25, -0.2) is 0 Å². The molecule has 0 fully saturated rings. The molecule has 0 aliphatic carbocycles. The molecule has 0 aliphatic heterocycles. The molecule has 0 amide bonds. The van der Waals surface area contributed by atoms with Crippen LogP contribution in [0.2, 0.25) is 5.02 Å². The highest BCUT2D eigenvalue weighted by Gasteiger charge is 2.09. The summed E-state index contributed by atoms with van der Waals surface area (Å²) in [5.74, 6) is 0.505. The third kappa shape index (κ3) is 3.64. The van der Waals surface area contributed by atoms with E-state index in [-0.39, 0.29) is 6.10 Å². The molecule has 1 rings (SSSR count). The molecule has 0 saturated heterocycles. The first-order chi connectivity index (χ1) is 6.59. The third-order valence-electron chi connectivity index (χ3n) is 2.06. The third-order valence-corrected chi connectivity index (χ3v) is 2.40. The van der Waals surface area contributed by atoms with Gasteiger partial charge in [0.25, 0.3) is 0 Å². The highest BCUT2D eigenvalue weighted by Crippen LogP contribution is 2.17. The van der Waals surface area contributed by atoms with Crippen LogP contribution < -0.4 is 0 Å². The molecule has 1 N–H and O–H groups in total. The van der Waals surface area contributed by atoms with E-state index in [4.69, 9.17) is 11.6 Å². The first kappa shape index (κ1) is 11.5. The molecule has 0 bridgehead atoms. The highest BCUT2D eigenvalue weighted by molar-refractivity contribution is 6.31. The summed E-state index contributed by atoms with van der Waals surface area (Å²) < 4.78 is 0. The Morgan fingerprint density at radius 1 is 1.50 bits per heavy atom. The van der Waals surface area contributed by atoms with E-state index in [2.05, 4.69) is 18.8 Å². The van der Waals surface area contributed by atoms with E-state index < -0.39 is 0 Å². The molecule has 0 spiro atoms. The fourth-order valence-electron chi connectivity index (χ4n) is 1.45. The van der Waals surface area contributed by atoms with E-state index in [9.17, 15) is 5.11 Å². The Morgan fingerprint density at radius 2 is 2.21 bits per heavy atom. The summed E-state index contributed by atoms with van der Waals surface area (Å²) in [7, 11) is 0. The molecule has 0 aliphatic rings. The molecule has 3 heteroatoms. The lowest BCUT2D eigenvalue weighted by molar-refractivity contribution is 0.149. The molecule has 1 heterocycles. The molecular formula is C11H16ClNO. The van der Waals surface area contributed by atoms with Crippen molar-refractivity contribution in [3.8, 4) is 0 Å². The van der Waals surface area contributed by atoms with Gasteiger partial charge in [0.15, 0.2) is 0 Å². The lowest BCUT2D eigenvalue weighted by Crippen LogP contribution is -2.13. The van der Waals surface area contributed by atoms with Crippen molar-refractivity contribution >= 4 is 11.6 Å². The smallest absolute Gasteiger partial charge is 0.0622 e. The molecule has 1 atom stereocenters. The second kappa shape index (κ2) is 5.32. The summed E-state index contributed by atoms with van der Waals surface area (Å²) >= 11 is 5.93. The van der Waals surface area contributed by atoms with Gasteiger partial charge in [0.2, 0.25) is 0 Å². The lowest BCUT2D eigenvalue weighted by Gasteiger charge is -2.13. The van der Waals surface area contributed by atoms with Crippen molar-refractivity contribution in [3.63, 3.8) is 0 Å². The van der Waals surface area contributed by atoms with Gasteiger partial charge in [-0.15, -0.1) is 0 Å². The van der Waals surface area contributed by atoms with Gasteiger partial charge in [-0.1, -0.05) is 25.4 Å². The molecule has 0 saturated carbocycles. The van der Waals surface area contributed by atoms with E-state index in [0.717, 1.165) is 12.0 Å². The molecule has 0 aromatic carbocycles. The minimum absolute atomic E-state index is 0.310. The standard InChI is InChI=1S/C11H16ClNO/c1-8(2)5-10(14)6-9-3-4-13-7-11(9)12/h3-4,7-8,10,14H,5-6H2,1-2H3. The zero-order chi connectivity index (χ0) is 10.6. The molecule has 78 valence electrons. The topological polar surface area (TPSA) is 33.1 Å². The zero-order valence-corrected chi connectivity index (χ0v) is 9.33. The molecule has 1 aromatic rings. The van der Waals surface area contributed by atoms with Crippen molar-refractivity contribution < 1.29 is 5.11 Å². The van der Waals surface area contributed by atoms with Crippen LogP contribution >= 0.6 is 11.6 Å². The Labute approximate surface area is 89.9 Å². The van der Waals surface area contributed by atoms with Crippen LogP contribution in [0.5, 0.6) is 0 Å². The Kier molecular flexibility index (Phi) is 4.36. The van der Waals surface area contributed by atoms with Gasteiger partial charge in [0.05, 0.1) is 11.1 Å². The Bertz CT molecular complexity index is 288. The molecule has 1 unspecified atom stereocenters. The molecule has 0 radical (unpaired) electrons. The average molecular weight is 214 g/mol. The molecular weight excluding hydrogens is 198 g/mol. The number of aliphatic hydroxyl groups excluding tert-OH is 1. The molecule has 2 nitrogen and oxygen atoms in total. The predicted molar refractivity (Wildman–Crippen MR) is 58.4 cm³/mol. The highest BCUT2D eigenvalue weighted by atomic mass is 35.5. The second-order valence-corrected chi connectivity index (χ2v) is 4.36. The number of halogens is 1. The second-order valence-electron chi connectivity index (χ2n) is 3.95. The van der Waals surface area contributed by atoms with Crippen molar-refractivity contribution in [2.75, 3.05) is 0 Å². The van der Waals surface area contributed by atoms with Crippen LogP contribution in [0.1, 0.15) is 25.8 Å².